The van der Waals surface area contributed by atoms with Gasteiger partial charge in [0.1, 0.15) is 0 Å². The van der Waals surface area contributed by atoms with Crippen LogP contribution < -0.4 is 5.73 Å². The third-order valence-corrected chi connectivity index (χ3v) is 2.71. The Kier molecular flexibility index (Phi) is 2.88. The highest BCUT2D eigenvalue weighted by Gasteiger charge is 2.02. The number of fused-ring (bicyclic) bond motifs is 1. The standard InChI is InChI=1S/C13H16N2/c1-10(8-14)6-7-11-9-15-13-5-3-2-4-12(11)13/h2-5,9,15H,1,6-8,14H2. The molecule has 0 aliphatic rings. The van der Waals surface area contributed by atoms with E-state index in [-0.39, 0.29) is 0 Å². The van der Waals surface area contributed by atoms with Gasteiger partial charge in [0.2, 0.25) is 0 Å². The lowest BCUT2D eigenvalue weighted by Gasteiger charge is -2.01. The van der Waals surface area contributed by atoms with E-state index in [4.69, 9.17) is 5.73 Å². The first-order chi connectivity index (χ1) is 7.31. The van der Waals surface area contributed by atoms with Gasteiger partial charge in [-0.25, -0.2) is 0 Å². The van der Waals surface area contributed by atoms with Crippen LogP contribution in [0.1, 0.15) is 12.0 Å². The molecule has 0 atom stereocenters. The molecule has 0 saturated carbocycles. The van der Waals surface area contributed by atoms with Crippen molar-refractivity contribution in [3.05, 3.63) is 48.2 Å². The molecule has 0 spiro atoms. The maximum atomic E-state index is 5.52. The quantitative estimate of drug-likeness (QED) is 0.732. The van der Waals surface area contributed by atoms with Gasteiger partial charge in [-0.2, -0.15) is 0 Å². The van der Waals surface area contributed by atoms with Crippen molar-refractivity contribution < 1.29 is 0 Å². The summed E-state index contributed by atoms with van der Waals surface area (Å²) in [6, 6.07) is 8.35. The number of rotatable bonds is 4. The molecule has 0 radical (unpaired) electrons. The number of H-pyrrole nitrogens is 1. The highest BCUT2D eigenvalue weighted by Crippen LogP contribution is 2.19. The van der Waals surface area contributed by atoms with Crippen LogP contribution in [0.3, 0.4) is 0 Å². The van der Waals surface area contributed by atoms with Gasteiger partial charge in [0, 0.05) is 23.6 Å². The van der Waals surface area contributed by atoms with E-state index in [9.17, 15) is 0 Å². The Bertz CT molecular complexity index is 468. The summed E-state index contributed by atoms with van der Waals surface area (Å²) in [5.41, 5.74) is 9.18. The smallest absolute Gasteiger partial charge is 0.0456 e. The van der Waals surface area contributed by atoms with E-state index < -0.39 is 0 Å². The molecule has 3 N–H and O–H groups in total. The van der Waals surface area contributed by atoms with Crippen LogP contribution in [0.25, 0.3) is 10.9 Å². The molecule has 0 aliphatic carbocycles. The minimum absolute atomic E-state index is 0.586. The normalized spacial score (nSPS) is 10.7. The molecule has 2 aromatic rings. The van der Waals surface area contributed by atoms with Gasteiger partial charge in [-0.3, -0.25) is 0 Å². The molecule has 15 heavy (non-hydrogen) atoms. The van der Waals surface area contributed by atoms with Crippen molar-refractivity contribution >= 4 is 10.9 Å². The second kappa shape index (κ2) is 4.32. The number of para-hydroxylation sites is 1. The maximum Gasteiger partial charge on any atom is 0.0456 e. The summed E-state index contributed by atoms with van der Waals surface area (Å²) < 4.78 is 0. The van der Waals surface area contributed by atoms with E-state index >= 15 is 0 Å². The predicted octanol–water partition coefficient (Wildman–Crippen LogP) is 2.62. The summed E-state index contributed by atoms with van der Waals surface area (Å²) >= 11 is 0. The van der Waals surface area contributed by atoms with Gasteiger partial charge < -0.3 is 10.7 Å². The number of aromatic nitrogens is 1. The van der Waals surface area contributed by atoms with E-state index in [0.29, 0.717) is 6.54 Å². The van der Waals surface area contributed by atoms with Gasteiger partial charge in [0.25, 0.3) is 0 Å². The molecule has 0 saturated heterocycles. The third-order valence-electron chi connectivity index (χ3n) is 2.71. The van der Waals surface area contributed by atoms with E-state index in [1.165, 1.54) is 16.5 Å². The van der Waals surface area contributed by atoms with Crippen LogP contribution in [-0.2, 0) is 6.42 Å². The minimum atomic E-state index is 0.586. The highest BCUT2D eigenvalue weighted by atomic mass is 14.7. The molecule has 1 aromatic heterocycles. The van der Waals surface area contributed by atoms with Crippen LogP contribution in [0.15, 0.2) is 42.6 Å². The van der Waals surface area contributed by atoms with Crippen molar-refractivity contribution in [2.75, 3.05) is 6.54 Å². The van der Waals surface area contributed by atoms with Crippen LogP contribution in [0.2, 0.25) is 0 Å². The van der Waals surface area contributed by atoms with Gasteiger partial charge in [0.15, 0.2) is 0 Å². The van der Waals surface area contributed by atoms with Crippen molar-refractivity contribution in [3.63, 3.8) is 0 Å². The minimum Gasteiger partial charge on any atom is -0.361 e. The molecule has 78 valence electrons. The van der Waals surface area contributed by atoms with Gasteiger partial charge in [-0.1, -0.05) is 30.4 Å². The van der Waals surface area contributed by atoms with Crippen molar-refractivity contribution in [2.24, 2.45) is 5.73 Å². The lowest BCUT2D eigenvalue weighted by atomic mass is 10.1. The molecule has 2 rings (SSSR count). The highest BCUT2D eigenvalue weighted by molar-refractivity contribution is 5.83. The Morgan fingerprint density at radius 1 is 1.33 bits per heavy atom. The van der Waals surface area contributed by atoms with E-state index in [0.717, 1.165) is 18.4 Å². The lowest BCUT2D eigenvalue weighted by molar-refractivity contribution is 0.914. The zero-order valence-electron chi connectivity index (χ0n) is 8.79. The summed E-state index contributed by atoms with van der Waals surface area (Å²) in [5, 5.41) is 1.31. The fourth-order valence-corrected chi connectivity index (χ4v) is 1.75. The molecule has 0 amide bonds. The topological polar surface area (TPSA) is 41.8 Å². The number of hydrogen-bond donors (Lipinski definition) is 2. The van der Waals surface area contributed by atoms with Gasteiger partial charge in [-0.05, 0) is 24.5 Å². The van der Waals surface area contributed by atoms with Crippen LogP contribution >= 0.6 is 0 Å². The third kappa shape index (κ3) is 2.10. The number of aryl methyl sites for hydroxylation is 1. The first kappa shape index (κ1) is 9.99. The zero-order chi connectivity index (χ0) is 10.7. The van der Waals surface area contributed by atoms with Gasteiger partial charge >= 0.3 is 0 Å². The Morgan fingerprint density at radius 3 is 2.93 bits per heavy atom. The number of benzene rings is 1. The largest absolute Gasteiger partial charge is 0.361 e. The molecule has 2 heteroatoms. The van der Waals surface area contributed by atoms with Crippen LogP contribution in [-0.4, -0.2) is 11.5 Å². The van der Waals surface area contributed by atoms with Gasteiger partial charge in [-0.15, -0.1) is 0 Å². The Labute approximate surface area is 89.8 Å². The SMILES string of the molecule is C=C(CN)CCc1c[nH]c2ccccc12. The number of aromatic amines is 1. The monoisotopic (exact) mass is 200 g/mol. The molecule has 0 fully saturated rings. The van der Waals surface area contributed by atoms with E-state index in [1.54, 1.807) is 0 Å². The molecular weight excluding hydrogens is 184 g/mol. The molecule has 0 unspecified atom stereocenters. The van der Waals surface area contributed by atoms with Crippen molar-refractivity contribution in [1.82, 2.24) is 4.98 Å². The summed E-state index contributed by atoms with van der Waals surface area (Å²) in [4.78, 5) is 3.27. The first-order valence-corrected chi connectivity index (χ1v) is 5.23. The summed E-state index contributed by atoms with van der Waals surface area (Å²) in [5.74, 6) is 0. The lowest BCUT2D eigenvalue weighted by Crippen LogP contribution is -2.02. The van der Waals surface area contributed by atoms with Crippen LogP contribution in [0.5, 0.6) is 0 Å². The molecule has 0 bridgehead atoms. The number of hydrogen-bond acceptors (Lipinski definition) is 1. The molecule has 0 aliphatic heterocycles. The average Bonchev–Trinajstić information content (AvgIpc) is 2.69. The fourth-order valence-electron chi connectivity index (χ4n) is 1.75. The molecule has 2 nitrogen and oxygen atoms in total. The molecule has 1 heterocycles. The number of nitrogens with one attached hydrogen (secondary N) is 1. The summed E-state index contributed by atoms with van der Waals surface area (Å²) in [7, 11) is 0. The Morgan fingerprint density at radius 2 is 2.13 bits per heavy atom. The zero-order valence-corrected chi connectivity index (χ0v) is 8.79. The van der Waals surface area contributed by atoms with Crippen LogP contribution in [0.4, 0.5) is 0 Å². The second-order valence-corrected chi connectivity index (χ2v) is 3.81. The Balaban J connectivity index is 2.18. The van der Waals surface area contributed by atoms with Crippen molar-refractivity contribution in [1.29, 1.82) is 0 Å². The molecule has 1 aromatic carbocycles. The average molecular weight is 200 g/mol. The Hall–Kier alpha value is -1.54. The molecular formula is C13H16N2. The number of nitrogens with two attached hydrogens (primary N) is 1. The van der Waals surface area contributed by atoms with E-state index in [2.05, 4.69) is 36.0 Å². The summed E-state index contributed by atoms with van der Waals surface area (Å²) in [6.45, 7) is 4.50. The first-order valence-electron chi connectivity index (χ1n) is 5.23. The van der Waals surface area contributed by atoms with Crippen molar-refractivity contribution in [2.45, 2.75) is 12.8 Å². The van der Waals surface area contributed by atoms with Gasteiger partial charge in [0.05, 0.1) is 0 Å². The van der Waals surface area contributed by atoms with E-state index in [1.807, 2.05) is 6.07 Å². The maximum absolute atomic E-state index is 5.52. The predicted molar refractivity (Wildman–Crippen MR) is 64.8 cm³/mol. The fraction of sp³-hybridized carbons (Fsp3) is 0.231. The summed E-state index contributed by atoms with van der Waals surface area (Å²) in [6.07, 6.45) is 4.06. The second-order valence-electron chi connectivity index (χ2n) is 3.81. The van der Waals surface area contributed by atoms with Crippen molar-refractivity contribution in [3.8, 4) is 0 Å². The van der Waals surface area contributed by atoms with Crippen LogP contribution in [0, 0.1) is 0 Å².